The highest BCUT2D eigenvalue weighted by Crippen LogP contribution is 2.32. The summed E-state index contributed by atoms with van der Waals surface area (Å²) in [7, 11) is 0. The number of nitrogens with two attached hydrogens (primary N) is 2. The molecule has 0 radical (unpaired) electrons. The van der Waals surface area contributed by atoms with Crippen molar-refractivity contribution < 1.29 is 5.11 Å². The number of nitrogen functional groups attached to an aromatic ring is 1. The number of halogens is 2. The minimum absolute atomic E-state index is 0.191. The molecule has 0 heterocycles. The molecule has 0 saturated carbocycles. The summed E-state index contributed by atoms with van der Waals surface area (Å²) in [5, 5.41) is 9.75. The largest absolute Gasteiger partial charge is 0.396 e. The molecule has 1 aromatic carbocycles. The van der Waals surface area contributed by atoms with Gasteiger partial charge in [-0.3, -0.25) is 0 Å². The van der Waals surface area contributed by atoms with Crippen LogP contribution in [0.3, 0.4) is 0 Å². The summed E-state index contributed by atoms with van der Waals surface area (Å²) >= 11 is 11.7. The van der Waals surface area contributed by atoms with Gasteiger partial charge in [0.25, 0.3) is 0 Å². The van der Waals surface area contributed by atoms with Gasteiger partial charge in [-0.25, -0.2) is 0 Å². The van der Waals surface area contributed by atoms with Gasteiger partial charge in [-0.1, -0.05) is 23.2 Å². The number of hydrogen-bond acceptors (Lipinski definition) is 3. The molecule has 5 N–H and O–H groups in total. The molecule has 78 valence electrons. The summed E-state index contributed by atoms with van der Waals surface area (Å²) in [4.78, 5) is 0. The topological polar surface area (TPSA) is 72.3 Å². The Morgan fingerprint density at radius 2 is 1.79 bits per heavy atom. The Balaban J connectivity index is 3.26. The normalized spacial score (nSPS) is 15.2. The average Bonchev–Trinajstić information content (AvgIpc) is 2.13. The summed E-state index contributed by atoms with van der Waals surface area (Å²) in [6.45, 7) is 1.49. The van der Waals surface area contributed by atoms with Crippen molar-refractivity contribution in [2.24, 2.45) is 5.73 Å². The van der Waals surface area contributed by atoms with Crippen molar-refractivity contribution in [2.45, 2.75) is 12.5 Å². The zero-order valence-electron chi connectivity index (χ0n) is 7.72. The number of aliphatic hydroxyl groups excluding tert-OH is 1. The van der Waals surface area contributed by atoms with E-state index in [0.29, 0.717) is 21.3 Å². The molecular weight excluding hydrogens is 223 g/mol. The highest BCUT2D eigenvalue weighted by atomic mass is 35.5. The van der Waals surface area contributed by atoms with Crippen LogP contribution in [0.25, 0.3) is 0 Å². The first-order valence-electron chi connectivity index (χ1n) is 4.03. The molecule has 3 nitrogen and oxygen atoms in total. The van der Waals surface area contributed by atoms with Gasteiger partial charge in [0.05, 0.1) is 27.9 Å². The van der Waals surface area contributed by atoms with Gasteiger partial charge in [0.1, 0.15) is 0 Å². The summed E-state index contributed by atoms with van der Waals surface area (Å²) in [6, 6.07) is 3.22. The maximum Gasteiger partial charge on any atom is 0.0693 e. The van der Waals surface area contributed by atoms with E-state index in [1.54, 1.807) is 19.1 Å². The van der Waals surface area contributed by atoms with Crippen molar-refractivity contribution in [3.63, 3.8) is 0 Å². The van der Waals surface area contributed by atoms with E-state index in [0.717, 1.165) is 0 Å². The first-order valence-corrected chi connectivity index (χ1v) is 4.79. The number of rotatable bonds is 2. The Hall–Kier alpha value is -0.480. The van der Waals surface area contributed by atoms with E-state index in [1.165, 1.54) is 0 Å². The van der Waals surface area contributed by atoms with E-state index < -0.39 is 5.54 Å². The predicted octanol–water partition coefficient (Wildman–Crippen LogP) is 1.74. The van der Waals surface area contributed by atoms with E-state index in [4.69, 9.17) is 39.8 Å². The minimum Gasteiger partial charge on any atom is -0.396 e. The Kier molecular flexibility index (Phi) is 3.27. The van der Waals surface area contributed by atoms with Gasteiger partial charge in [-0.2, -0.15) is 0 Å². The molecule has 14 heavy (non-hydrogen) atoms. The van der Waals surface area contributed by atoms with E-state index in [9.17, 15) is 0 Å². The van der Waals surface area contributed by atoms with Crippen LogP contribution in [0.5, 0.6) is 0 Å². The quantitative estimate of drug-likeness (QED) is 0.683. The highest BCUT2D eigenvalue weighted by Gasteiger charge is 2.21. The smallest absolute Gasteiger partial charge is 0.0693 e. The molecule has 0 amide bonds. The maximum absolute atomic E-state index is 9.06. The lowest BCUT2D eigenvalue weighted by molar-refractivity contribution is 0.210. The van der Waals surface area contributed by atoms with Crippen molar-refractivity contribution in [2.75, 3.05) is 12.3 Å². The van der Waals surface area contributed by atoms with Crippen molar-refractivity contribution in [1.82, 2.24) is 0 Å². The van der Waals surface area contributed by atoms with E-state index in [1.807, 2.05) is 0 Å². The lowest BCUT2D eigenvalue weighted by Crippen LogP contribution is -2.36. The van der Waals surface area contributed by atoms with Gasteiger partial charge in [0.15, 0.2) is 0 Å². The Bertz CT molecular complexity index is 330. The predicted molar refractivity (Wildman–Crippen MR) is 59.5 cm³/mol. The van der Waals surface area contributed by atoms with E-state index >= 15 is 0 Å². The summed E-state index contributed by atoms with van der Waals surface area (Å²) < 4.78 is 0. The monoisotopic (exact) mass is 234 g/mol. The van der Waals surface area contributed by atoms with Crippen LogP contribution in [0, 0.1) is 0 Å². The Labute approximate surface area is 92.6 Å². The van der Waals surface area contributed by atoms with Crippen molar-refractivity contribution in [3.05, 3.63) is 27.7 Å². The molecule has 5 heteroatoms. The first-order chi connectivity index (χ1) is 6.38. The molecule has 0 spiro atoms. The highest BCUT2D eigenvalue weighted by molar-refractivity contribution is 6.38. The molecule has 1 aromatic rings. The number of aliphatic hydroxyl groups is 1. The Morgan fingerprint density at radius 1 is 1.36 bits per heavy atom. The lowest BCUT2D eigenvalue weighted by atomic mass is 9.94. The molecule has 0 aliphatic carbocycles. The van der Waals surface area contributed by atoms with Crippen molar-refractivity contribution in [3.8, 4) is 0 Å². The van der Waals surface area contributed by atoms with Crippen LogP contribution < -0.4 is 11.5 Å². The summed E-state index contributed by atoms with van der Waals surface area (Å²) in [5.74, 6) is 0. The molecular formula is C9H12Cl2N2O. The standard InChI is InChI=1S/C9H12Cl2N2O/c1-9(13,4-14)5-2-6(10)8(12)7(11)3-5/h2-3,14H,4,12-13H2,1H3. The lowest BCUT2D eigenvalue weighted by Gasteiger charge is -2.23. The third-order valence-corrected chi connectivity index (χ3v) is 2.69. The molecule has 0 aliphatic heterocycles. The van der Waals surface area contributed by atoms with Gasteiger partial charge in [0, 0.05) is 0 Å². The van der Waals surface area contributed by atoms with Crippen LogP contribution in [0.4, 0.5) is 5.69 Å². The van der Waals surface area contributed by atoms with Crippen molar-refractivity contribution >= 4 is 28.9 Å². The number of benzene rings is 1. The van der Waals surface area contributed by atoms with Crippen LogP contribution in [0.15, 0.2) is 12.1 Å². The van der Waals surface area contributed by atoms with Crippen LogP contribution >= 0.6 is 23.2 Å². The fourth-order valence-corrected chi connectivity index (χ4v) is 1.49. The van der Waals surface area contributed by atoms with Crippen LogP contribution in [0.1, 0.15) is 12.5 Å². The number of anilines is 1. The SMILES string of the molecule is CC(N)(CO)c1cc(Cl)c(N)c(Cl)c1. The zero-order chi connectivity index (χ0) is 10.9. The summed E-state index contributed by atoms with van der Waals surface area (Å²) in [5.41, 5.74) is 11.5. The molecule has 1 atom stereocenters. The third kappa shape index (κ3) is 2.12. The molecule has 0 saturated heterocycles. The van der Waals surface area contributed by atoms with Gasteiger partial charge in [0.2, 0.25) is 0 Å². The molecule has 0 bridgehead atoms. The second-order valence-corrected chi connectivity index (χ2v) is 4.24. The second kappa shape index (κ2) is 3.95. The fourth-order valence-electron chi connectivity index (χ4n) is 1.01. The average molecular weight is 235 g/mol. The summed E-state index contributed by atoms with van der Waals surface area (Å²) in [6.07, 6.45) is 0. The first kappa shape index (κ1) is 11.6. The van der Waals surface area contributed by atoms with Crippen LogP contribution in [-0.4, -0.2) is 11.7 Å². The molecule has 0 fully saturated rings. The van der Waals surface area contributed by atoms with Gasteiger partial charge in [-0.05, 0) is 24.6 Å². The molecule has 0 aromatic heterocycles. The third-order valence-electron chi connectivity index (χ3n) is 2.07. The molecule has 1 unspecified atom stereocenters. The zero-order valence-corrected chi connectivity index (χ0v) is 9.23. The van der Waals surface area contributed by atoms with Crippen LogP contribution in [0.2, 0.25) is 10.0 Å². The second-order valence-electron chi connectivity index (χ2n) is 3.43. The maximum atomic E-state index is 9.06. The van der Waals surface area contributed by atoms with Gasteiger partial charge in [-0.15, -0.1) is 0 Å². The molecule has 0 aliphatic rings. The van der Waals surface area contributed by atoms with Gasteiger partial charge < -0.3 is 16.6 Å². The minimum atomic E-state index is -0.860. The van der Waals surface area contributed by atoms with Gasteiger partial charge >= 0.3 is 0 Å². The van der Waals surface area contributed by atoms with Crippen molar-refractivity contribution in [1.29, 1.82) is 0 Å². The fraction of sp³-hybridized carbons (Fsp3) is 0.333. The Morgan fingerprint density at radius 3 is 2.14 bits per heavy atom. The molecule has 1 rings (SSSR count). The van der Waals surface area contributed by atoms with E-state index in [-0.39, 0.29) is 6.61 Å². The van der Waals surface area contributed by atoms with Crippen LogP contribution in [-0.2, 0) is 5.54 Å². The van der Waals surface area contributed by atoms with E-state index in [2.05, 4.69) is 0 Å². The number of hydrogen-bond donors (Lipinski definition) is 3.